The number of likely N-dealkylation sites (tertiary alicyclic amines) is 1. The number of benzene rings is 1. The molecular weight excluding hydrogens is 253 g/mol. The van der Waals surface area contributed by atoms with Crippen molar-refractivity contribution in [3.8, 4) is 5.75 Å². The standard InChI is InChI=1S/C12H13FO.C5H11N/c1-3-6-12(2)8-14-11-5-4-9(13)7-10(11)12;1-6-4-2-3-5-6/h3-5,7H,1,6,8H2,2H3;2-5H2,1H3. The first-order valence-electron chi connectivity index (χ1n) is 7.27. The summed E-state index contributed by atoms with van der Waals surface area (Å²) >= 11 is 0. The van der Waals surface area contributed by atoms with Crippen LogP contribution in [0.4, 0.5) is 4.39 Å². The summed E-state index contributed by atoms with van der Waals surface area (Å²) in [5, 5.41) is 0. The average molecular weight is 277 g/mol. The summed E-state index contributed by atoms with van der Waals surface area (Å²) in [5.41, 5.74) is 0.844. The van der Waals surface area contributed by atoms with E-state index in [1.165, 1.54) is 32.0 Å². The van der Waals surface area contributed by atoms with Gasteiger partial charge in [-0.25, -0.2) is 4.39 Å². The second kappa shape index (κ2) is 6.40. The van der Waals surface area contributed by atoms with Crippen molar-refractivity contribution in [3.05, 3.63) is 42.2 Å². The van der Waals surface area contributed by atoms with Crippen molar-refractivity contribution < 1.29 is 9.13 Å². The van der Waals surface area contributed by atoms with Crippen molar-refractivity contribution in [1.82, 2.24) is 4.90 Å². The summed E-state index contributed by atoms with van der Waals surface area (Å²) in [7, 11) is 2.17. The van der Waals surface area contributed by atoms with Crippen LogP contribution < -0.4 is 4.74 Å². The Morgan fingerprint density at radius 2 is 2.10 bits per heavy atom. The molecule has 0 aromatic heterocycles. The van der Waals surface area contributed by atoms with Crippen LogP contribution in [0.5, 0.6) is 5.75 Å². The van der Waals surface area contributed by atoms with Gasteiger partial charge in [0.1, 0.15) is 11.6 Å². The molecule has 0 amide bonds. The molecule has 110 valence electrons. The van der Waals surface area contributed by atoms with E-state index in [9.17, 15) is 4.39 Å². The molecular formula is C17H24FNO. The minimum atomic E-state index is -0.204. The molecule has 3 rings (SSSR count). The molecule has 1 aromatic rings. The van der Waals surface area contributed by atoms with Gasteiger partial charge in [-0.15, -0.1) is 6.58 Å². The van der Waals surface area contributed by atoms with E-state index in [2.05, 4.69) is 25.5 Å². The minimum Gasteiger partial charge on any atom is -0.492 e. The van der Waals surface area contributed by atoms with Gasteiger partial charge >= 0.3 is 0 Å². The summed E-state index contributed by atoms with van der Waals surface area (Å²) in [5.74, 6) is 0.597. The van der Waals surface area contributed by atoms with Gasteiger partial charge in [-0.1, -0.05) is 13.0 Å². The van der Waals surface area contributed by atoms with Gasteiger partial charge in [0.05, 0.1) is 6.61 Å². The van der Waals surface area contributed by atoms with Crippen molar-refractivity contribution in [2.45, 2.75) is 31.6 Å². The van der Waals surface area contributed by atoms with Gasteiger partial charge in [-0.3, -0.25) is 0 Å². The molecule has 1 atom stereocenters. The lowest BCUT2D eigenvalue weighted by Crippen LogP contribution is -2.22. The van der Waals surface area contributed by atoms with Crippen molar-refractivity contribution >= 4 is 0 Å². The Bertz CT molecular complexity index is 468. The summed E-state index contributed by atoms with van der Waals surface area (Å²) in [6.07, 6.45) is 5.49. The predicted octanol–water partition coefficient (Wildman–Crippen LogP) is 3.76. The van der Waals surface area contributed by atoms with E-state index in [1.54, 1.807) is 12.1 Å². The first kappa shape index (κ1) is 15.0. The lowest BCUT2D eigenvalue weighted by atomic mass is 9.81. The molecule has 0 spiro atoms. The molecule has 20 heavy (non-hydrogen) atoms. The fourth-order valence-corrected chi connectivity index (χ4v) is 2.78. The number of hydrogen-bond acceptors (Lipinski definition) is 2. The highest BCUT2D eigenvalue weighted by molar-refractivity contribution is 5.43. The number of halogens is 1. The third-order valence-corrected chi connectivity index (χ3v) is 4.06. The van der Waals surface area contributed by atoms with Gasteiger partial charge in [0.2, 0.25) is 0 Å². The van der Waals surface area contributed by atoms with Gasteiger partial charge in [-0.05, 0) is 57.6 Å². The average Bonchev–Trinajstić information content (AvgIpc) is 3.00. The molecule has 1 aromatic carbocycles. The van der Waals surface area contributed by atoms with Crippen LogP contribution in [0.25, 0.3) is 0 Å². The summed E-state index contributed by atoms with van der Waals surface area (Å²) < 4.78 is 18.6. The number of hydrogen-bond donors (Lipinski definition) is 0. The molecule has 0 N–H and O–H groups in total. The van der Waals surface area contributed by atoms with E-state index >= 15 is 0 Å². The summed E-state index contributed by atoms with van der Waals surface area (Å²) in [4.78, 5) is 2.36. The smallest absolute Gasteiger partial charge is 0.123 e. The van der Waals surface area contributed by atoms with Crippen LogP contribution in [-0.4, -0.2) is 31.6 Å². The van der Waals surface area contributed by atoms with Crippen LogP contribution >= 0.6 is 0 Å². The van der Waals surface area contributed by atoms with E-state index in [0.717, 1.165) is 17.7 Å². The predicted molar refractivity (Wildman–Crippen MR) is 80.8 cm³/mol. The maximum atomic E-state index is 13.1. The Morgan fingerprint density at radius 1 is 1.40 bits per heavy atom. The van der Waals surface area contributed by atoms with Crippen LogP contribution in [-0.2, 0) is 5.41 Å². The van der Waals surface area contributed by atoms with Crippen LogP contribution in [0, 0.1) is 5.82 Å². The van der Waals surface area contributed by atoms with Crippen LogP contribution in [0.2, 0.25) is 0 Å². The zero-order valence-corrected chi connectivity index (χ0v) is 12.5. The molecule has 3 heteroatoms. The van der Waals surface area contributed by atoms with E-state index in [4.69, 9.17) is 4.74 Å². The van der Waals surface area contributed by atoms with Crippen molar-refractivity contribution in [3.63, 3.8) is 0 Å². The van der Waals surface area contributed by atoms with Gasteiger partial charge in [0.15, 0.2) is 0 Å². The topological polar surface area (TPSA) is 12.5 Å². The monoisotopic (exact) mass is 277 g/mol. The minimum absolute atomic E-state index is 0.112. The fraction of sp³-hybridized carbons (Fsp3) is 0.529. The first-order chi connectivity index (χ1) is 9.55. The maximum Gasteiger partial charge on any atom is 0.123 e. The van der Waals surface area contributed by atoms with E-state index in [0.29, 0.717) is 6.61 Å². The lowest BCUT2D eigenvalue weighted by molar-refractivity contribution is 0.279. The Morgan fingerprint density at radius 3 is 2.65 bits per heavy atom. The molecule has 0 radical (unpaired) electrons. The molecule has 0 bridgehead atoms. The zero-order valence-electron chi connectivity index (χ0n) is 12.5. The zero-order chi connectivity index (χ0) is 14.6. The van der Waals surface area contributed by atoms with E-state index in [-0.39, 0.29) is 11.2 Å². The third kappa shape index (κ3) is 3.40. The second-order valence-electron chi connectivity index (χ2n) is 5.99. The highest BCUT2D eigenvalue weighted by atomic mass is 19.1. The lowest BCUT2D eigenvalue weighted by Gasteiger charge is -2.20. The maximum absolute atomic E-state index is 13.1. The molecule has 1 unspecified atom stereocenters. The molecule has 2 aliphatic heterocycles. The number of fused-ring (bicyclic) bond motifs is 1. The van der Waals surface area contributed by atoms with Crippen LogP contribution in [0.3, 0.4) is 0 Å². The summed E-state index contributed by atoms with van der Waals surface area (Å²) in [6.45, 7) is 9.03. The number of allylic oxidation sites excluding steroid dienone is 1. The van der Waals surface area contributed by atoms with Gasteiger partial charge in [-0.2, -0.15) is 0 Å². The number of nitrogens with zero attached hydrogens (tertiary/aromatic N) is 1. The number of ether oxygens (including phenoxy) is 1. The van der Waals surface area contributed by atoms with Crippen molar-refractivity contribution in [2.75, 3.05) is 26.7 Å². The van der Waals surface area contributed by atoms with Crippen LogP contribution in [0.15, 0.2) is 30.9 Å². The molecule has 1 saturated heterocycles. The molecule has 1 fully saturated rings. The largest absolute Gasteiger partial charge is 0.492 e. The van der Waals surface area contributed by atoms with Crippen LogP contribution in [0.1, 0.15) is 31.7 Å². The molecule has 0 aliphatic carbocycles. The molecule has 0 saturated carbocycles. The van der Waals surface area contributed by atoms with Crippen molar-refractivity contribution in [1.29, 1.82) is 0 Å². The highest BCUT2D eigenvalue weighted by Gasteiger charge is 2.35. The molecule has 2 heterocycles. The van der Waals surface area contributed by atoms with Gasteiger partial charge in [0.25, 0.3) is 0 Å². The fourth-order valence-electron chi connectivity index (χ4n) is 2.78. The summed E-state index contributed by atoms with van der Waals surface area (Å²) in [6, 6.07) is 4.68. The van der Waals surface area contributed by atoms with Gasteiger partial charge in [0, 0.05) is 11.0 Å². The Labute approximate surface area is 121 Å². The molecule has 2 aliphatic rings. The Hall–Kier alpha value is -1.35. The van der Waals surface area contributed by atoms with E-state index in [1.807, 2.05) is 6.08 Å². The highest BCUT2D eigenvalue weighted by Crippen LogP contribution is 2.41. The number of rotatable bonds is 2. The Kier molecular flexibility index (Phi) is 4.81. The van der Waals surface area contributed by atoms with Gasteiger partial charge < -0.3 is 9.64 Å². The first-order valence-corrected chi connectivity index (χ1v) is 7.27. The normalized spacial score (nSPS) is 24.6. The SMILES string of the molecule is C=CCC1(C)COc2ccc(F)cc21.CN1CCCC1. The quantitative estimate of drug-likeness (QED) is 0.763. The molecule has 2 nitrogen and oxygen atoms in total. The second-order valence-corrected chi connectivity index (χ2v) is 5.99. The van der Waals surface area contributed by atoms with Crippen molar-refractivity contribution in [2.24, 2.45) is 0 Å². The van der Waals surface area contributed by atoms with E-state index < -0.39 is 0 Å². The third-order valence-electron chi connectivity index (χ3n) is 4.06. The Balaban J connectivity index is 0.000000205.